The van der Waals surface area contributed by atoms with Crippen LogP contribution in [0.2, 0.25) is 0 Å². The van der Waals surface area contributed by atoms with Crippen LogP contribution in [0.15, 0.2) is 48.7 Å². The van der Waals surface area contributed by atoms with E-state index in [2.05, 4.69) is 9.88 Å². The number of halogens is 1. The van der Waals surface area contributed by atoms with Crippen LogP contribution in [0, 0.1) is 11.2 Å². The molecule has 2 fully saturated rings. The number of aromatic nitrogens is 1. The zero-order valence-corrected chi connectivity index (χ0v) is 18.8. The van der Waals surface area contributed by atoms with Crippen molar-refractivity contribution in [1.29, 1.82) is 0 Å². The van der Waals surface area contributed by atoms with Crippen molar-refractivity contribution in [2.45, 2.75) is 38.6 Å². The fourth-order valence-corrected chi connectivity index (χ4v) is 4.83. The van der Waals surface area contributed by atoms with E-state index in [0.717, 1.165) is 31.7 Å². The molecule has 2 aromatic rings. The summed E-state index contributed by atoms with van der Waals surface area (Å²) < 4.78 is 14.0. The molecule has 2 aliphatic rings. The standard InChI is InChI=1S/C25H31FN4O2/c1-25(12-16-29(17-13-25)23(31)20-9-3-4-10-21(20)26)24(32)28(2)19-8-7-15-30(18-19)22-11-5-6-14-27-22/h3-6,9-11,14,19H,7-8,12-13,15-18H2,1-2H3/t19-/m0/s1. The van der Waals surface area contributed by atoms with E-state index in [1.54, 1.807) is 23.2 Å². The maximum Gasteiger partial charge on any atom is 0.256 e. The number of benzene rings is 1. The van der Waals surface area contributed by atoms with Gasteiger partial charge < -0.3 is 14.7 Å². The van der Waals surface area contributed by atoms with E-state index in [0.29, 0.717) is 25.9 Å². The van der Waals surface area contributed by atoms with E-state index in [1.807, 2.05) is 37.1 Å². The number of carbonyl (C=O) groups is 2. The predicted octanol–water partition coefficient (Wildman–Crippen LogP) is 3.59. The molecule has 0 radical (unpaired) electrons. The van der Waals surface area contributed by atoms with Gasteiger partial charge in [0.25, 0.3) is 5.91 Å². The van der Waals surface area contributed by atoms with Gasteiger partial charge in [-0.2, -0.15) is 0 Å². The number of likely N-dealkylation sites (N-methyl/N-ethyl adjacent to an activating group) is 1. The zero-order valence-electron chi connectivity index (χ0n) is 18.8. The summed E-state index contributed by atoms with van der Waals surface area (Å²) in [7, 11) is 1.90. The average molecular weight is 439 g/mol. The van der Waals surface area contributed by atoms with Crippen LogP contribution in [0.1, 0.15) is 43.0 Å². The zero-order chi connectivity index (χ0) is 22.7. The largest absolute Gasteiger partial charge is 0.355 e. The van der Waals surface area contributed by atoms with E-state index in [1.165, 1.54) is 12.1 Å². The first-order valence-corrected chi connectivity index (χ1v) is 11.4. The van der Waals surface area contributed by atoms with Crippen molar-refractivity contribution in [3.05, 3.63) is 60.0 Å². The summed E-state index contributed by atoms with van der Waals surface area (Å²) >= 11 is 0. The Kier molecular flexibility index (Phi) is 6.44. The van der Waals surface area contributed by atoms with Crippen LogP contribution in [-0.4, -0.2) is 65.9 Å². The number of pyridine rings is 1. The van der Waals surface area contributed by atoms with E-state index in [9.17, 15) is 14.0 Å². The normalized spacial score (nSPS) is 20.7. The van der Waals surface area contributed by atoms with Gasteiger partial charge in [-0.05, 0) is 49.9 Å². The maximum absolute atomic E-state index is 14.0. The molecule has 0 saturated carbocycles. The molecule has 0 spiro atoms. The highest BCUT2D eigenvalue weighted by molar-refractivity contribution is 5.94. The lowest BCUT2D eigenvalue weighted by molar-refractivity contribution is -0.144. The first kappa shape index (κ1) is 22.2. The van der Waals surface area contributed by atoms with Crippen molar-refractivity contribution in [1.82, 2.24) is 14.8 Å². The Bertz CT molecular complexity index is 959. The minimum absolute atomic E-state index is 0.0939. The minimum atomic E-state index is -0.520. The van der Waals surface area contributed by atoms with Gasteiger partial charge in [0.1, 0.15) is 11.6 Å². The van der Waals surface area contributed by atoms with Gasteiger partial charge in [-0.15, -0.1) is 0 Å². The van der Waals surface area contributed by atoms with Gasteiger partial charge in [0.05, 0.1) is 5.56 Å². The first-order valence-electron chi connectivity index (χ1n) is 11.4. The van der Waals surface area contributed by atoms with Crippen molar-refractivity contribution in [3.63, 3.8) is 0 Å². The molecule has 0 aliphatic carbocycles. The quantitative estimate of drug-likeness (QED) is 0.732. The fraction of sp³-hybridized carbons (Fsp3) is 0.480. The van der Waals surface area contributed by atoms with Crippen LogP contribution in [-0.2, 0) is 4.79 Å². The Hall–Kier alpha value is -2.96. The van der Waals surface area contributed by atoms with E-state index < -0.39 is 11.2 Å². The highest BCUT2D eigenvalue weighted by Gasteiger charge is 2.42. The molecular formula is C25H31FN4O2. The monoisotopic (exact) mass is 438 g/mol. The molecule has 6 nitrogen and oxygen atoms in total. The minimum Gasteiger partial charge on any atom is -0.355 e. The number of amides is 2. The Morgan fingerprint density at radius 2 is 1.81 bits per heavy atom. The molecule has 0 unspecified atom stereocenters. The smallest absolute Gasteiger partial charge is 0.256 e. The van der Waals surface area contributed by atoms with Crippen molar-refractivity contribution < 1.29 is 14.0 Å². The third-order valence-corrected chi connectivity index (χ3v) is 7.01. The van der Waals surface area contributed by atoms with Crippen LogP contribution in [0.3, 0.4) is 0 Å². The molecule has 3 heterocycles. The second kappa shape index (κ2) is 9.27. The Morgan fingerprint density at radius 1 is 1.09 bits per heavy atom. The van der Waals surface area contributed by atoms with E-state index >= 15 is 0 Å². The summed E-state index contributed by atoms with van der Waals surface area (Å²) in [5.74, 6) is 0.272. The summed E-state index contributed by atoms with van der Waals surface area (Å²) in [4.78, 5) is 36.5. The highest BCUT2D eigenvalue weighted by atomic mass is 19.1. The number of anilines is 1. The molecule has 1 atom stereocenters. The second-order valence-electron chi connectivity index (χ2n) is 9.18. The van der Waals surface area contributed by atoms with Gasteiger partial charge in [0.15, 0.2) is 0 Å². The third-order valence-electron chi connectivity index (χ3n) is 7.01. The summed E-state index contributed by atoms with van der Waals surface area (Å²) in [6.45, 7) is 4.62. The van der Waals surface area contributed by atoms with Crippen LogP contribution in [0.5, 0.6) is 0 Å². The number of piperidine rings is 2. The molecule has 2 amide bonds. The molecule has 1 aromatic heterocycles. The third kappa shape index (κ3) is 4.47. The summed E-state index contributed by atoms with van der Waals surface area (Å²) in [6, 6.07) is 12.1. The molecule has 7 heteroatoms. The molecule has 32 heavy (non-hydrogen) atoms. The summed E-state index contributed by atoms with van der Waals surface area (Å²) in [5.41, 5.74) is -0.426. The number of nitrogens with zero attached hydrogens (tertiary/aromatic N) is 4. The molecule has 0 N–H and O–H groups in total. The lowest BCUT2D eigenvalue weighted by Gasteiger charge is -2.44. The number of rotatable bonds is 4. The van der Waals surface area contributed by atoms with Gasteiger partial charge in [0, 0.05) is 50.9 Å². The predicted molar refractivity (Wildman–Crippen MR) is 122 cm³/mol. The Morgan fingerprint density at radius 3 is 2.50 bits per heavy atom. The van der Waals surface area contributed by atoms with Crippen molar-refractivity contribution in [3.8, 4) is 0 Å². The topological polar surface area (TPSA) is 56.8 Å². The maximum atomic E-state index is 14.0. The summed E-state index contributed by atoms with van der Waals surface area (Å²) in [6.07, 6.45) is 4.94. The molecular weight excluding hydrogens is 407 g/mol. The number of carbonyl (C=O) groups excluding carboxylic acids is 2. The molecule has 4 rings (SSSR count). The molecule has 0 bridgehead atoms. The van der Waals surface area contributed by atoms with Crippen LogP contribution in [0.25, 0.3) is 0 Å². The van der Waals surface area contributed by atoms with Crippen LogP contribution >= 0.6 is 0 Å². The van der Waals surface area contributed by atoms with Gasteiger partial charge in [-0.1, -0.05) is 25.1 Å². The van der Waals surface area contributed by atoms with Crippen molar-refractivity contribution >= 4 is 17.6 Å². The van der Waals surface area contributed by atoms with Gasteiger partial charge >= 0.3 is 0 Å². The molecule has 170 valence electrons. The molecule has 2 saturated heterocycles. The van der Waals surface area contributed by atoms with Crippen LogP contribution in [0.4, 0.5) is 10.2 Å². The van der Waals surface area contributed by atoms with Gasteiger partial charge in [0.2, 0.25) is 5.91 Å². The Labute approximate surface area is 189 Å². The first-order chi connectivity index (χ1) is 15.4. The SMILES string of the molecule is CN(C(=O)C1(C)CCN(C(=O)c2ccccc2F)CC1)[C@H]1CCCN(c2ccccn2)C1. The summed E-state index contributed by atoms with van der Waals surface area (Å²) in [5, 5.41) is 0. The lowest BCUT2D eigenvalue weighted by atomic mass is 9.78. The Balaban J connectivity index is 1.38. The molecule has 1 aromatic carbocycles. The van der Waals surface area contributed by atoms with E-state index in [4.69, 9.17) is 0 Å². The average Bonchev–Trinajstić information content (AvgIpc) is 2.84. The van der Waals surface area contributed by atoms with Gasteiger partial charge in [-0.3, -0.25) is 9.59 Å². The number of hydrogen-bond donors (Lipinski definition) is 0. The van der Waals surface area contributed by atoms with Crippen molar-refractivity contribution in [2.75, 3.05) is 38.1 Å². The fourth-order valence-electron chi connectivity index (χ4n) is 4.83. The second-order valence-corrected chi connectivity index (χ2v) is 9.18. The van der Waals surface area contributed by atoms with E-state index in [-0.39, 0.29) is 23.4 Å². The number of hydrogen-bond acceptors (Lipinski definition) is 4. The van der Waals surface area contributed by atoms with Gasteiger partial charge in [-0.25, -0.2) is 9.37 Å². The highest BCUT2D eigenvalue weighted by Crippen LogP contribution is 2.35. The lowest BCUT2D eigenvalue weighted by Crippen LogP contribution is -2.55. The van der Waals surface area contributed by atoms with Crippen LogP contribution < -0.4 is 4.90 Å². The van der Waals surface area contributed by atoms with Crippen molar-refractivity contribution in [2.24, 2.45) is 5.41 Å². The molecule has 2 aliphatic heterocycles. The number of likely N-dealkylation sites (tertiary alicyclic amines) is 1.